The number of benzene rings is 2. The van der Waals surface area contributed by atoms with Crippen molar-refractivity contribution < 1.29 is 23.1 Å². The third kappa shape index (κ3) is 2.90. The van der Waals surface area contributed by atoms with Crippen LogP contribution in [0.25, 0.3) is 10.8 Å². The highest BCUT2D eigenvalue weighted by molar-refractivity contribution is 7.89. The van der Waals surface area contributed by atoms with Crippen molar-refractivity contribution in [3.63, 3.8) is 0 Å². The molecule has 2 aromatic rings. The highest BCUT2D eigenvalue weighted by Crippen LogP contribution is 2.28. The van der Waals surface area contributed by atoms with Crippen molar-refractivity contribution in [2.24, 2.45) is 5.14 Å². The van der Waals surface area contributed by atoms with Crippen LogP contribution >= 0.6 is 0 Å². The van der Waals surface area contributed by atoms with Gasteiger partial charge in [0.2, 0.25) is 15.9 Å². The SMILES string of the molecule is NS(=O)(=O)C1CC(=O)N(c2ccc3cc(C(=O)O)ccc3c2)C1. The van der Waals surface area contributed by atoms with Crippen LogP contribution in [0, 0.1) is 0 Å². The lowest BCUT2D eigenvalue weighted by Crippen LogP contribution is -2.32. The molecular formula is C15H14N2O5S. The highest BCUT2D eigenvalue weighted by Gasteiger charge is 2.37. The van der Waals surface area contributed by atoms with Gasteiger partial charge >= 0.3 is 5.97 Å². The Morgan fingerprint density at radius 1 is 1.17 bits per heavy atom. The Labute approximate surface area is 132 Å². The minimum absolute atomic E-state index is 0.0242. The first-order valence-electron chi connectivity index (χ1n) is 6.85. The Bertz CT molecular complexity index is 923. The summed E-state index contributed by atoms with van der Waals surface area (Å²) >= 11 is 0. The van der Waals surface area contributed by atoms with E-state index in [1.54, 1.807) is 30.3 Å². The highest BCUT2D eigenvalue weighted by atomic mass is 32.2. The molecule has 1 aliphatic heterocycles. The second-order valence-electron chi connectivity index (χ2n) is 5.47. The van der Waals surface area contributed by atoms with Gasteiger partial charge in [-0.05, 0) is 35.0 Å². The summed E-state index contributed by atoms with van der Waals surface area (Å²) in [5.41, 5.74) is 0.744. The summed E-state index contributed by atoms with van der Waals surface area (Å²) in [4.78, 5) is 24.4. The number of nitrogens with two attached hydrogens (primary N) is 1. The van der Waals surface area contributed by atoms with Crippen molar-refractivity contribution in [2.75, 3.05) is 11.4 Å². The minimum Gasteiger partial charge on any atom is -0.478 e. The van der Waals surface area contributed by atoms with E-state index in [0.717, 1.165) is 10.8 Å². The molecule has 1 fully saturated rings. The standard InChI is InChI=1S/C15H14N2O5S/c16-23(21,22)13-7-14(18)17(8-13)12-4-3-9-5-11(15(19)20)2-1-10(9)6-12/h1-6,13H,7-8H2,(H,19,20)(H2,16,21,22). The second kappa shape index (κ2) is 5.32. The molecule has 1 atom stereocenters. The fourth-order valence-corrected chi connectivity index (χ4v) is 3.41. The zero-order valence-electron chi connectivity index (χ0n) is 12.0. The number of aromatic carboxylic acids is 1. The molecule has 0 bridgehead atoms. The largest absolute Gasteiger partial charge is 0.478 e. The summed E-state index contributed by atoms with van der Waals surface area (Å²) in [5.74, 6) is -1.31. The van der Waals surface area contributed by atoms with E-state index in [4.69, 9.17) is 10.2 Å². The molecule has 8 heteroatoms. The summed E-state index contributed by atoms with van der Waals surface area (Å²) in [6, 6.07) is 9.77. The summed E-state index contributed by atoms with van der Waals surface area (Å²) < 4.78 is 22.8. The number of carboxylic acids is 1. The van der Waals surface area contributed by atoms with Crippen molar-refractivity contribution in [3.8, 4) is 0 Å². The lowest BCUT2D eigenvalue weighted by atomic mass is 10.1. The van der Waals surface area contributed by atoms with Gasteiger partial charge in [-0.1, -0.05) is 12.1 Å². The molecule has 0 saturated carbocycles. The van der Waals surface area contributed by atoms with Crippen molar-refractivity contribution in [1.82, 2.24) is 0 Å². The molecule has 1 aliphatic rings. The number of rotatable bonds is 3. The molecule has 0 spiro atoms. The van der Waals surface area contributed by atoms with Crippen LogP contribution in [0.1, 0.15) is 16.8 Å². The monoisotopic (exact) mass is 334 g/mol. The average molecular weight is 334 g/mol. The Morgan fingerprint density at radius 3 is 2.43 bits per heavy atom. The smallest absolute Gasteiger partial charge is 0.335 e. The van der Waals surface area contributed by atoms with Crippen LogP contribution in [-0.2, 0) is 14.8 Å². The van der Waals surface area contributed by atoms with Crippen molar-refractivity contribution in [1.29, 1.82) is 0 Å². The lowest BCUT2D eigenvalue weighted by Gasteiger charge is -2.17. The quantitative estimate of drug-likeness (QED) is 0.866. The summed E-state index contributed by atoms with van der Waals surface area (Å²) in [6.07, 6.45) is -0.130. The van der Waals surface area contributed by atoms with Crippen LogP contribution in [0.15, 0.2) is 36.4 Å². The van der Waals surface area contributed by atoms with Gasteiger partial charge in [-0.3, -0.25) is 4.79 Å². The van der Waals surface area contributed by atoms with E-state index in [1.807, 2.05) is 0 Å². The molecule has 2 aromatic carbocycles. The Kier molecular flexibility index (Phi) is 3.57. The predicted octanol–water partition coefficient (Wildman–Crippen LogP) is 0.932. The lowest BCUT2D eigenvalue weighted by molar-refractivity contribution is -0.117. The van der Waals surface area contributed by atoms with Crippen LogP contribution in [-0.4, -0.2) is 37.2 Å². The number of carboxylic acid groups (broad SMARTS) is 1. The molecule has 120 valence electrons. The molecule has 3 N–H and O–H groups in total. The van der Waals surface area contributed by atoms with Crippen molar-refractivity contribution in [2.45, 2.75) is 11.7 Å². The van der Waals surface area contributed by atoms with E-state index in [9.17, 15) is 18.0 Å². The van der Waals surface area contributed by atoms with Gasteiger partial charge in [0.25, 0.3) is 0 Å². The first kappa shape index (κ1) is 15.4. The van der Waals surface area contributed by atoms with Gasteiger partial charge < -0.3 is 10.0 Å². The molecule has 0 radical (unpaired) electrons. The molecule has 7 nitrogen and oxygen atoms in total. The van der Waals surface area contributed by atoms with E-state index in [-0.39, 0.29) is 24.4 Å². The van der Waals surface area contributed by atoms with Crippen molar-refractivity contribution in [3.05, 3.63) is 42.0 Å². The number of fused-ring (bicyclic) bond motifs is 1. The Hall–Kier alpha value is -2.45. The second-order valence-corrected chi connectivity index (χ2v) is 7.32. The number of primary sulfonamides is 1. The van der Waals surface area contributed by atoms with E-state index in [0.29, 0.717) is 5.69 Å². The van der Waals surface area contributed by atoms with E-state index in [1.165, 1.54) is 11.0 Å². The summed E-state index contributed by atoms with van der Waals surface area (Å²) in [7, 11) is -3.76. The number of amides is 1. The molecule has 1 unspecified atom stereocenters. The number of anilines is 1. The zero-order valence-corrected chi connectivity index (χ0v) is 12.8. The number of carbonyl (C=O) groups is 2. The molecule has 0 aliphatic carbocycles. The third-order valence-electron chi connectivity index (χ3n) is 3.94. The maximum absolute atomic E-state index is 12.0. The first-order chi connectivity index (χ1) is 10.8. The molecule has 1 amide bonds. The number of sulfonamides is 1. The van der Waals surface area contributed by atoms with Gasteiger partial charge in [-0.2, -0.15) is 0 Å². The molecule has 1 saturated heterocycles. The van der Waals surface area contributed by atoms with Gasteiger partial charge in [0.05, 0.1) is 5.56 Å². The summed E-state index contributed by atoms with van der Waals surface area (Å²) in [5, 5.41) is 14.7. The van der Waals surface area contributed by atoms with Gasteiger partial charge in [-0.15, -0.1) is 0 Å². The van der Waals surface area contributed by atoms with Gasteiger partial charge in [0.1, 0.15) is 5.25 Å². The average Bonchev–Trinajstić information content (AvgIpc) is 2.88. The number of nitrogens with zero attached hydrogens (tertiary/aromatic N) is 1. The topological polar surface area (TPSA) is 118 Å². The van der Waals surface area contributed by atoms with Crippen molar-refractivity contribution >= 4 is 38.4 Å². The molecular weight excluding hydrogens is 320 g/mol. The number of carbonyl (C=O) groups excluding carboxylic acids is 1. The molecule has 1 heterocycles. The maximum atomic E-state index is 12.0. The maximum Gasteiger partial charge on any atom is 0.335 e. The molecule has 0 aromatic heterocycles. The van der Waals surface area contributed by atoms with Gasteiger partial charge in [0, 0.05) is 18.7 Å². The van der Waals surface area contributed by atoms with Crippen LogP contribution < -0.4 is 10.0 Å². The van der Waals surface area contributed by atoms with Crippen LogP contribution in [0.5, 0.6) is 0 Å². The van der Waals surface area contributed by atoms with E-state index < -0.39 is 21.2 Å². The van der Waals surface area contributed by atoms with E-state index in [2.05, 4.69) is 0 Å². The predicted molar refractivity (Wildman–Crippen MR) is 84.8 cm³/mol. The van der Waals surface area contributed by atoms with Crippen LogP contribution in [0.2, 0.25) is 0 Å². The Morgan fingerprint density at radius 2 is 1.83 bits per heavy atom. The fourth-order valence-electron chi connectivity index (χ4n) is 2.68. The normalized spacial score (nSPS) is 18.6. The van der Waals surface area contributed by atoms with Gasteiger partial charge in [-0.25, -0.2) is 18.4 Å². The fraction of sp³-hybridized carbons (Fsp3) is 0.200. The Balaban J connectivity index is 1.96. The third-order valence-corrected chi connectivity index (χ3v) is 5.18. The van der Waals surface area contributed by atoms with Crippen LogP contribution in [0.4, 0.5) is 5.69 Å². The summed E-state index contributed by atoms with van der Waals surface area (Å²) in [6.45, 7) is 0.0242. The minimum atomic E-state index is -3.76. The van der Waals surface area contributed by atoms with Crippen LogP contribution in [0.3, 0.4) is 0 Å². The van der Waals surface area contributed by atoms with E-state index >= 15 is 0 Å². The number of hydrogen-bond acceptors (Lipinski definition) is 4. The molecule has 3 rings (SSSR count). The van der Waals surface area contributed by atoms with Gasteiger partial charge in [0.15, 0.2) is 0 Å². The number of hydrogen-bond donors (Lipinski definition) is 2. The molecule has 23 heavy (non-hydrogen) atoms. The first-order valence-corrected chi connectivity index (χ1v) is 8.46. The zero-order chi connectivity index (χ0) is 16.8.